The molecule has 1 aliphatic rings. The molecule has 0 aromatic heterocycles. The van der Waals surface area contributed by atoms with Gasteiger partial charge in [-0.15, -0.1) is 0 Å². The van der Waals surface area contributed by atoms with Crippen molar-refractivity contribution in [3.05, 3.63) is 0 Å². The van der Waals surface area contributed by atoms with Crippen LogP contribution in [0, 0.1) is 11.8 Å². The van der Waals surface area contributed by atoms with Gasteiger partial charge in [0.25, 0.3) is 0 Å². The third-order valence-corrected chi connectivity index (χ3v) is 4.27. The number of hydrogen-bond acceptors (Lipinski definition) is 2. The van der Waals surface area contributed by atoms with Crippen LogP contribution in [-0.4, -0.2) is 23.2 Å². The van der Waals surface area contributed by atoms with E-state index in [2.05, 4.69) is 12.2 Å². The van der Waals surface area contributed by atoms with Gasteiger partial charge in [0.15, 0.2) is 0 Å². The number of carboxylic acid groups (broad SMARTS) is 1. The zero-order valence-corrected chi connectivity index (χ0v) is 11.5. The lowest BCUT2D eigenvalue weighted by molar-refractivity contribution is -0.144. The molecule has 0 aliphatic heterocycles. The predicted octanol–water partition coefficient (Wildman–Crippen LogP) is 3.05. The van der Waals surface area contributed by atoms with E-state index >= 15 is 0 Å². The van der Waals surface area contributed by atoms with Gasteiger partial charge in [0, 0.05) is 0 Å². The first-order chi connectivity index (χ1) is 7.99. The number of aliphatic carboxylic acids is 1. The van der Waals surface area contributed by atoms with Gasteiger partial charge < -0.3 is 10.4 Å². The van der Waals surface area contributed by atoms with E-state index in [9.17, 15) is 9.90 Å². The molecule has 0 spiro atoms. The van der Waals surface area contributed by atoms with Gasteiger partial charge in [0.05, 0.1) is 0 Å². The fourth-order valence-corrected chi connectivity index (χ4v) is 2.82. The Morgan fingerprint density at radius 2 is 2.06 bits per heavy atom. The summed E-state index contributed by atoms with van der Waals surface area (Å²) < 4.78 is 0. The van der Waals surface area contributed by atoms with Gasteiger partial charge in [-0.05, 0) is 38.1 Å². The average molecular weight is 241 g/mol. The number of rotatable bonds is 6. The smallest absolute Gasteiger partial charge is 0.323 e. The van der Waals surface area contributed by atoms with E-state index in [1.165, 1.54) is 25.7 Å². The quantitative estimate of drug-likeness (QED) is 0.751. The molecule has 3 heteroatoms. The number of carboxylic acids is 1. The Morgan fingerprint density at radius 1 is 1.41 bits per heavy atom. The van der Waals surface area contributed by atoms with E-state index < -0.39 is 11.5 Å². The molecule has 100 valence electrons. The minimum atomic E-state index is -0.744. The highest BCUT2D eigenvalue weighted by atomic mass is 16.4. The maximum absolute atomic E-state index is 11.3. The standard InChI is InChI=1S/C14H27NO2/c1-4-9-14(3,13(16)17)15-10-12-8-6-5-7-11(12)2/h11-12,15H,4-10H2,1-3H3,(H,16,17). The second-order valence-electron chi connectivity index (χ2n) is 5.79. The van der Waals surface area contributed by atoms with Crippen molar-refractivity contribution in [1.29, 1.82) is 0 Å². The van der Waals surface area contributed by atoms with Crippen LogP contribution in [0.25, 0.3) is 0 Å². The van der Waals surface area contributed by atoms with Crippen molar-refractivity contribution in [3.63, 3.8) is 0 Å². The molecule has 0 bridgehead atoms. The predicted molar refractivity (Wildman–Crippen MR) is 70.1 cm³/mol. The van der Waals surface area contributed by atoms with Gasteiger partial charge in [0.1, 0.15) is 5.54 Å². The maximum atomic E-state index is 11.3. The van der Waals surface area contributed by atoms with Gasteiger partial charge in [-0.2, -0.15) is 0 Å². The summed E-state index contributed by atoms with van der Waals surface area (Å²) in [5.74, 6) is 0.665. The molecule has 1 aliphatic carbocycles. The summed E-state index contributed by atoms with van der Waals surface area (Å²) in [5.41, 5.74) is -0.744. The van der Waals surface area contributed by atoms with Crippen LogP contribution in [0.4, 0.5) is 0 Å². The Balaban J connectivity index is 2.48. The molecule has 3 nitrogen and oxygen atoms in total. The molecule has 2 N–H and O–H groups in total. The van der Waals surface area contributed by atoms with Crippen LogP contribution in [0.15, 0.2) is 0 Å². The Kier molecular flexibility index (Phi) is 5.44. The van der Waals surface area contributed by atoms with Crippen LogP contribution in [0.3, 0.4) is 0 Å². The summed E-state index contributed by atoms with van der Waals surface area (Å²) >= 11 is 0. The first kappa shape index (κ1) is 14.5. The van der Waals surface area contributed by atoms with Crippen LogP contribution in [0.5, 0.6) is 0 Å². The summed E-state index contributed by atoms with van der Waals surface area (Å²) in [6.45, 7) is 6.99. The van der Waals surface area contributed by atoms with E-state index in [0.29, 0.717) is 12.3 Å². The molecular weight excluding hydrogens is 214 g/mol. The lowest BCUT2D eigenvalue weighted by atomic mass is 9.80. The van der Waals surface area contributed by atoms with Crippen LogP contribution < -0.4 is 5.32 Å². The minimum Gasteiger partial charge on any atom is -0.480 e. The Hall–Kier alpha value is -0.570. The number of carbonyl (C=O) groups is 1. The highest BCUT2D eigenvalue weighted by Gasteiger charge is 2.33. The van der Waals surface area contributed by atoms with Gasteiger partial charge in [-0.1, -0.05) is 39.5 Å². The molecule has 0 aromatic carbocycles. The summed E-state index contributed by atoms with van der Waals surface area (Å²) in [6, 6.07) is 0. The van der Waals surface area contributed by atoms with Gasteiger partial charge in [-0.3, -0.25) is 4.79 Å². The molecule has 3 unspecified atom stereocenters. The molecular formula is C14H27NO2. The summed E-state index contributed by atoms with van der Waals surface area (Å²) in [6.07, 6.45) is 6.77. The monoisotopic (exact) mass is 241 g/mol. The lowest BCUT2D eigenvalue weighted by Gasteiger charge is -2.33. The van der Waals surface area contributed by atoms with Crippen LogP contribution in [-0.2, 0) is 4.79 Å². The van der Waals surface area contributed by atoms with E-state index in [1.54, 1.807) is 0 Å². The first-order valence-electron chi connectivity index (χ1n) is 6.98. The van der Waals surface area contributed by atoms with Gasteiger partial charge >= 0.3 is 5.97 Å². The topological polar surface area (TPSA) is 49.3 Å². The zero-order valence-electron chi connectivity index (χ0n) is 11.5. The first-order valence-corrected chi connectivity index (χ1v) is 6.98. The molecule has 1 rings (SSSR count). The van der Waals surface area contributed by atoms with Crippen LogP contribution in [0.2, 0.25) is 0 Å². The maximum Gasteiger partial charge on any atom is 0.323 e. The Morgan fingerprint density at radius 3 is 2.59 bits per heavy atom. The van der Waals surface area contributed by atoms with E-state index in [1.807, 2.05) is 13.8 Å². The second kappa shape index (κ2) is 6.39. The van der Waals surface area contributed by atoms with Crippen molar-refractivity contribution in [2.45, 2.75) is 64.8 Å². The second-order valence-corrected chi connectivity index (χ2v) is 5.79. The molecule has 17 heavy (non-hydrogen) atoms. The highest BCUT2D eigenvalue weighted by molar-refractivity contribution is 5.78. The third-order valence-electron chi connectivity index (χ3n) is 4.27. The fraction of sp³-hybridized carbons (Fsp3) is 0.929. The molecule has 1 fully saturated rings. The molecule has 0 saturated heterocycles. The number of hydrogen-bond donors (Lipinski definition) is 2. The highest BCUT2D eigenvalue weighted by Crippen LogP contribution is 2.29. The van der Waals surface area contributed by atoms with Crippen LogP contribution >= 0.6 is 0 Å². The van der Waals surface area contributed by atoms with Gasteiger partial charge in [-0.25, -0.2) is 0 Å². The Labute approximate surface area is 105 Å². The zero-order chi connectivity index (χ0) is 12.9. The summed E-state index contributed by atoms with van der Waals surface area (Å²) in [5, 5.41) is 12.6. The van der Waals surface area contributed by atoms with Crippen molar-refractivity contribution >= 4 is 5.97 Å². The number of nitrogens with one attached hydrogen (secondary N) is 1. The van der Waals surface area contributed by atoms with Gasteiger partial charge in [0.2, 0.25) is 0 Å². The Bertz CT molecular complexity index is 255. The average Bonchev–Trinajstić information content (AvgIpc) is 2.28. The fourth-order valence-electron chi connectivity index (χ4n) is 2.82. The molecule has 0 aromatic rings. The third kappa shape index (κ3) is 3.98. The van der Waals surface area contributed by atoms with Crippen LogP contribution in [0.1, 0.15) is 59.3 Å². The largest absolute Gasteiger partial charge is 0.480 e. The molecule has 0 heterocycles. The van der Waals surface area contributed by atoms with E-state index in [0.717, 1.165) is 18.9 Å². The molecule has 0 radical (unpaired) electrons. The summed E-state index contributed by atoms with van der Waals surface area (Å²) in [4.78, 5) is 11.3. The summed E-state index contributed by atoms with van der Waals surface area (Å²) in [7, 11) is 0. The minimum absolute atomic E-state index is 0.652. The SMILES string of the molecule is CCCC(C)(NCC1CCCCC1C)C(=O)O. The molecule has 1 saturated carbocycles. The normalized spacial score (nSPS) is 28.6. The lowest BCUT2D eigenvalue weighted by Crippen LogP contribution is -2.51. The van der Waals surface area contributed by atoms with Crippen molar-refractivity contribution in [2.24, 2.45) is 11.8 Å². The van der Waals surface area contributed by atoms with E-state index in [4.69, 9.17) is 0 Å². The van der Waals surface area contributed by atoms with Crippen molar-refractivity contribution < 1.29 is 9.90 Å². The van der Waals surface area contributed by atoms with Crippen molar-refractivity contribution in [1.82, 2.24) is 5.32 Å². The van der Waals surface area contributed by atoms with E-state index in [-0.39, 0.29) is 0 Å². The molecule has 3 atom stereocenters. The van der Waals surface area contributed by atoms with Crippen molar-refractivity contribution in [3.8, 4) is 0 Å². The van der Waals surface area contributed by atoms with Crippen molar-refractivity contribution in [2.75, 3.05) is 6.54 Å². The molecule has 0 amide bonds.